The van der Waals surface area contributed by atoms with Crippen molar-refractivity contribution in [3.63, 3.8) is 0 Å². The number of urea groups is 1. The fraction of sp³-hybridized carbons (Fsp3) is 0.407. The minimum absolute atomic E-state index is 0.0119. The molecule has 2 aromatic heterocycles. The number of nitrogens with two attached hydrogens (primary N) is 1. The minimum Gasteiger partial charge on any atom is -0.494 e. The fourth-order valence-electron chi connectivity index (χ4n) is 9.22. The van der Waals surface area contributed by atoms with Crippen LogP contribution in [0.5, 0.6) is 11.5 Å². The van der Waals surface area contributed by atoms with Crippen molar-refractivity contribution in [2.24, 2.45) is 23.7 Å². The van der Waals surface area contributed by atoms with E-state index in [1.807, 2.05) is 68.1 Å². The normalized spacial score (nSPS) is 15.0. The number of hydrogen-bond donors (Lipinski definition) is 8. The third-order valence-electron chi connectivity index (χ3n) is 13.5. The molecule has 4 heterocycles. The Morgan fingerprint density at radius 2 is 1.67 bits per heavy atom. The van der Waals surface area contributed by atoms with Gasteiger partial charge in [0.1, 0.15) is 11.6 Å². The van der Waals surface area contributed by atoms with E-state index in [2.05, 4.69) is 47.1 Å². The van der Waals surface area contributed by atoms with Crippen molar-refractivity contribution in [3.8, 4) is 11.5 Å². The number of H-pyrrole nitrogens is 1. The van der Waals surface area contributed by atoms with Gasteiger partial charge in [0.2, 0.25) is 11.8 Å². The van der Waals surface area contributed by atoms with E-state index in [1.54, 1.807) is 55.3 Å². The first-order chi connectivity index (χ1) is 37.3. The summed E-state index contributed by atoms with van der Waals surface area (Å²) >= 11 is 6.49. The van der Waals surface area contributed by atoms with Gasteiger partial charge < -0.3 is 71.1 Å². The molecule has 5 aromatic rings. The largest absolute Gasteiger partial charge is 0.494 e. The van der Waals surface area contributed by atoms with Crippen molar-refractivity contribution in [2.45, 2.75) is 58.2 Å². The van der Waals surface area contributed by atoms with E-state index in [1.165, 1.54) is 24.8 Å². The van der Waals surface area contributed by atoms with Crippen LogP contribution in [-0.2, 0) is 38.3 Å². The van der Waals surface area contributed by atoms with E-state index in [0.717, 1.165) is 16.8 Å². The fourth-order valence-corrected chi connectivity index (χ4v) is 9.31. The van der Waals surface area contributed by atoms with Crippen LogP contribution in [-0.4, -0.2) is 139 Å². The second-order valence-corrected chi connectivity index (χ2v) is 20.2. The number of guanidine groups is 1. The van der Waals surface area contributed by atoms with Crippen LogP contribution in [0.4, 0.5) is 22.0 Å². The zero-order valence-corrected chi connectivity index (χ0v) is 45.9. The van der Waals surface area contributed by atoms with E-state index in [4.69, 9.17) is 31.5 Å². The summed E-state index contributed by atoms with van der Waals surface area (Å²) in [5.74, 6) is -0.233. The van der Waals surface area contributed by atoms with Gasteiger partial charge in [-0.2, -0.15) is 10.1 Å². The number of nitrogens with one attached hydrogen (secondary N) is 7. The lowest BCUT2D eigenvalue weighted by Crippen LogP contribution is -2.48. The maximum Gasteiger partial charge on any atom is 0.319 e. The number of hydrogen-bond acceptors (Lipinski definition) is 13. The van der Waals surface area contributed by atoms with E-state index >= 15 is 0 Å². The van der Waals surface area contributed by atoms with E-state index in [9.17, 15) is 28.8 Å². The second-order valence-electron chi connectivity index (χ2n) is 19.7. The Balaban J connectivity index is 0.808. The number of rotatable bonds is 21. The molecule has 0 saturated carbocycles. The van der Waals surface area contributed by atoms with E-state index in [-0.39, 0.29) is 92.6 Å². The van der Waals surface area contributed by atoms with Crippen molar-refractivity contribution in [3.05, 3.63) is 116 Å². The number of aryl methyl sites for hydroxylation is 1. The number of methoxy groups -OCH3 is 1. The number of nitrogens with zero attached hydrogens (tertiary/aromatic N) is 6. The van der Waals surface area contributed by atoms with Crippen LogP contribution >= 0.6 is 11.6 Å². The summed E-state index contributed by atoms with van der Waals surface area (Å²) in [5, 5.41) is 25.8. The average molecular weight is 1090 g/mol. The van der Waals surface area contributed by atoms with Gasteiger partial charge >= 0.3 is 6.03 Å². The van der Waals surface area contributed by atoms with E-state index in [0.29, 0.717) is 76.9 Å². The molecular formula is C54H69ClN14O9. The Labute approximate surface area is 457 Å². The van der Waals surface area contributed by atoms with Crippen LogP contribution in [0.15, 0.2) is 93.4 Å². The topological polar surface area (TPSA) is 284 Å². The van der Waals surface area contributed by atoms with Crippen molar-refractivity contribution in [1.29, 1.82) is 0 Å². The lowest BCUT2D eigenvalue weighted by molar-refractivity contribution is -0.126. The van der Waals surface area contributed by atoms with Crippen LogP contribution in [0.3, 0.4) is 0 Å². The predicted octanol–water partition coefficient (Wildman–Crippen LogP) is 4.74. The van der Waals surface area contributed by atoms with E-state index < -0.39 is 17.0 Å². The van der Waals surface area contributed by atoms with Gasteiger partial charge in [-0.1, -0.05) is 41.9 Å². The molecule has 1 fully saturated rings. The number of aliphatic imine (C=N–C) groups is 1. The maximum atomic E-state index is 13.8. The number of halogens is 1. The molecule has 2 aliphatic heterocycles. The molecule has 6 amide bonds. The Morgan fingerprint density at radius 1 is 0.949 bits per heavy atom. The van der Waals surface area contributed by atoms with Gasteiger partial charge in [0.25, 0.3) is 17.4 Å². The van der Waals surface area contributed by atoms with Gasteiger partial charge in [0, 0.05) is 80.1 Å². The number of piperidine rings is 1. The first kappa shape index (κ1) is 57.6. The number of aromatic nitrogens is 3. The number of amides is 6. The monoisotopic (exact) mass is 1090 g/mol. The number of carbonyl (C=O) groups excluding carboxylic acids is 5. The van der Waals surface area contributed by atoms with Crippen LogP contribution < -0.4 is 52.7 Å². The molecular weight excluding hydrogens is 1020 g/mol. The first-order valence-corrected chi connectivity index (χ1v) is 25.9. The third kappa shape index (κ3) is 14.1. The number of pyridine rings is 1. The molecule has 0 spiro atoms. The first-order valence-electron chi connectivity index (χ1n) is 25.5. The number of ether oxygens (including phenoxy) is 3. The maximum absolute atomic E-state index is 13.8. The van der Waals surface area contributed by atoms with Gasteiger partial charge in [0.05, 0.1) is 61.1 Å². The Bertz CT molecular complexity index is 3110. The number of likely N-dealkylation sites (tertiary alicyclic amines) is 1. The Morgan fingerprint density at radius 3 is 2.33 bits per heavy atom. The number of likely N-dealkylation sites (N-methyl/N-ethyl adjacent to an activating group) is 2. The molecule has 1 atom stereocenters. The second kappa shape index (κ2) is 25.8. The summed E-state index contributed by atoms with van der Waals surface area (Å²) in [7, 11) is 8.46. The number of anilines is 3. The number of fused-ring (bicyclic) bond motifs is 2. The Kier molecular flexibility index (Phi) is 19.0. The molecule has 416 valence electrons. The summed E-state index contributed by atoms with van der Waals surface area (Å²) in [4.78, 5) is 88.0. The molecule has 2 aliphatic rings. The summed E-state index contributed by atoms with van der Waals surface area (Å²) in [6, 6.07) is 20.8. The molecule has 7 rings (SSSR count). The van der Waals surface area contributed by atoms with Crippen molar-refractivity contribution in [1.82, 2.24) is 45.4 Å². The van der Waals surface area contributed by atoms with Crippen molar-refractivity contribution in [2.75, 3.05) is 90.2 Å². The quantitative estimate of drug-likeness (QED) is 0.0280. The molecule has 78 heavy (non-hydrogen) atoms. The summed E-state index contributed by atoms with van der Waals surface area (Å²) in [5.41, 5.74) is 9.64. The number of allylic oxidation sites excluding steroid dienone is 1. The molecule has 23 nitrogen and oxygen atoms in total. The standard InChI is InChI=1S/C54H69ClN14O9/c1-32(55)47(60-38-26-36-27-42(78-31-44(71)57-4)51(74)67(7)45(36)41(28-38)76-8)63-52(56)68-22-18-35(19-23-68)49(72)58-21-25-77-24-20-43(70)59-37-16-14-34(15-17-37)50(73)62-48-39-29-69(54(2,3)46(39)64-65-48)53(75)61-40(30-66(5)6)33-12-10-9-11-13-33/h9-17,26-28,35,40,60H,18-25,29-31H2,1-8H3,(H2,56,63)(H,57,71)(H,58,72)(H,59,70)(H,61,75)(H2,62,64,65,73)/b47-32+/t40-/m1/s1. The van der Waals surface area contributed by atoms with Gasteiger partial charge in [-0.3, -0.25) is 29.1 Å². The highest BCUT2D eigenvalue weighted by Crippen LogP contribution is 2.41. The number of aromatic amines is 1. The van der Waals surface area contributed by atoms with Crippen molar-refractivity contribution >= 4 is 75.3 Å². The predicted molar refractivity (Wildman–Crippen MR) is 298 cm³/mol. The van der Waals surface area contributed by atoms with Gasteiger partial charge in [0.15, 0.2) is 24.1 Å². The molecule has 0 radical (unpaired) electrons. The van der Waals surface area contributed by atoms with Crippen LogP contribution in [0.25, 0.3) is 10.9 Å². The lowest BCUT2D eigenvalue weighted by Gasteiger charge is -2.34. The zero-order chi connectivity index (χ0) is 56.3. The highest BCUT2D eigenvalue weighted by atomic mass is 35.5. The SMILES string of the molecule is CNC(=O)COc1cc2cc(NC(/N=C(\N)N3CCC(C(=O)NCCOCCC(=O)Nc4ccc(C(=O)Nc5n[nH]c6c5CN(C(=O)N[C@H](CN(C)C)c5ccccc5)C6(C)C)cc4)CC3)=C(/C)Cl)cc(OC)c2n(C)c1=O. The third-order valence-corrected chi connectivity index (χ3v) is 13.7. The molecule has 24 heteroatoms. The summed E-state index contributed by atoms with van der Waals surface area (Å²) in [6.07, 6.45) is 1.14. The molecule has 1 saturated heterocycles. The molecule has 3 aromatic carbocycles. The highest BCUT2D eigenvalue weighted by Gasteiger charge is 2.44. The van der Waals surface area contributed by atoms with Crippen LogP contribution in [0.2, 0.25) is 0 Å². The lowest BCUT2D eigenvalue weighted by atomic mass is 9.96. The molecule has 9 N–H and O–H groups in total. The highest BCUT2D eigenvalue weighted by molar-refractivity contribution is 6.29. The molecule has 0 bridgehead atoms. The van der Waals surface area contributed by atoms with Gasteiger partial charge in [-0.25, -0.2) is 4.79 Å². The van der Waals surface area contributed by atoms with Gasteiger partial charge in [-0.15, -0.1) is 0 Å². The zero-order valence-electron chi connectivity index (χ0n) is 45.2. The van der Waals surface area contributed by atoms with Crippen LogP contribution in [0, 0.1) is 5.92 Å². The number of benzene rings is 3. The van der Waals surface area contributed by atoms with Crippen molar-refractivity contribution < 1.29 is 38.2 Å². The minimum atomic E-state index is -0.730. The van der Waals surface area contributed by atoms with Gasteiger partial charge in [-0.05, 0) is 89.7 Å². The smallest absolute Gasteiger partial charge is 0.319 e. The number of carbonyl (C=O) groups is 5. The van der Waals surface area contributed by atoms with Crippen LogP contribution in [0.1, 0.15) is 73.3 Å². The Hall–Kier alpha value is -8.15. The average Bonchev–Trinajstić information content (AvgIpc) is 4.16. The summed E-state index contributed by atoms with van der Waals surface area (Å²) in [6.45, 7) is 7.60. The molecule has 0 unspecified atom stereocenters. The summed E-state index contributed by atoms with van der Waals surface area (Å²) < 4.78 is 18.2. The molecule has 0 aliphatic carbocycles.